The quantitative estimate of drug-likeness (QED) is 0.583. The van der Waals surface area contributed by atoms with Gasteiger partial charge in [0.15, 0.2) is 0 Å². The van der Waals surface area contributed by atoms with Gasteiger partial charge in [-0.3, -0.25) is 10.1 Å². The summed E-state index contributed by atoms with van der Waals surface area (Å²) in [6.45, 7) is 7.90. The summed E-state index contributed by atoms with van der Waals surface area (Å²) in [7, 11) is 0. The summed E-state index contributed by atoms with van der Waals surface area (Å²) in [4.78, 5) is 14.7. The van der Waals surface area contributed by atoms with Gasteiger partial charge in [-0.15, -0.1) is 6.42 Å². The number of hydrogen-bond donors (Lipinski definition) is 1. The number of carbonyl (C=O) groups excluding carboxylic acids is 1. The van der Waals surface area contributed by atoms with Crippen LogP contribution >= 0.6 is 0 Å². The van der Waals surface area contributed by atoms with Gasteiger partial charge in [0, 0.05) is 6.54 Å². The number of nitrogens with zero attached hydrogens (tertiary/aromatic N) is 1. The van der Waals surface area contributed by atoms with Crippen molar-refractivity contribution in [2.24, 2.45) is 0 Å². The lowest BCUT2D eigenvalue weighted by Gasteiger charge is -2.31. The highest BCUT2D eigenvalue weighted by Gasteiger charge is 2.40. The van der Waals surface area contributed by atoms with Crippen molar-refractivity contribution in [3.63, 3.8) is 0 Å². The fourth-order valence-electron chi connectivity index (χ4n) is 2.67. The van der Waals surface area contributed by atoms with E-state index in [1.807, 2.05) is 6.92 Å². The fourth-order valence-corrected chi connectivity index (χ4v) is 2.67. The predicted octanol–water partition coefficient (Wildman–Crippen LogP) is 1.41. The molecule has 0 saturated carbocycles. The molecular formula is C15H26N2O2. The Morgan fingerprint density at radius 1 is 1.42 bits per heavy atom. The molecule has 1 aliphatic heterocycles. The number of terminal acetylenes is 1. The maximum atomic E-state index is 12.3. The van der Waals surface area contributed by atoms with Crippen LogP contribution in [0.15, 0.2) is 0 Å². The molecule has 1 saturated heterocycles. The summed E-state index contributed by atoms with van der Waals surface area (Å²) < 4.78 is 5.24. The minimum atomic E-state index is -0.592. The first-order valence-electron chi connectivity index (χ1n) is 7.26. The Hall–Kier alpha value is -1.05. The lowest BCUT2D eigenvalue weighted by molar-refractivity contribution is -0.151. The molecule has 0 aromatic carbocycles. The third-order valence-corrected chi connectivity index (χ3v) is 3.67. The second kappa shape index (κ2) is 8.19. The van der Waals surface area contributed by atoms with E-state index in [4.69, 9.17) is 11.2 Å². The molecule has 1 N–H and O–H groups in total. The maximum absolute atomic E-state index is 12.3. The Morgan fingerprint density at radius 2 is 2.21 bits per heavy atom. The minimum Gasteiger partial charge on any atom is -0.465 e. The lowest BCUT2D eigenvalue weighted by Crippen LogP contribution is -2.53. The first kappa shape index (κ1) is 16.0. The van der Waals surface area contributed by atoms with E-state index in [9.17, 15) is 4.79 Å². The summed E-state index contributed by atoms with van der Waals surface area (Å²) in [5.74, 6) is 2.41. The maximum Gasteiger partial charge on any atom is 0.326 e. The molecule has 1 atom stereocenters. The molecule has 19 heavy (non-hydrogen) atoms. The van der Waals surface area contributed by atoms with E-state index in [1.54, 1.807) is 0 Å². The van der Waals surface area contributed by atoms with Gasteiger partial charge >= 0.3 is 5.97 Å². The van der Waals surface area contributed by atoms with Crippen molar-refractivity contribution in [1.29, 1.82) is 0 Å². The Labute approximate surface area is 116 Å². The average molecular weight is 266 g/mol. The third-order valence-electron chi connectivity index (χ3n) is 3.67. The van der Waals surface area contributed by atoms with Gasteiger partial charge in [-0.1, -0.05) is 12.8 Å². The molecule has 1 unspecified atom stereocenters. The molecule has 1 rings (SSSR count). The molecule has 1 heterocycles. The van der Waals surface area contributed by atoms with Gasteiger partial charge < -0.3 is 9.64 Å². The van der Waals surface area contributed by atoms with Crippen molar-refractivity contribution in [2.75, 3.05) is 32.8 Å². The van der Waals surface area contributed by atoms with E-state index in [-0.39, 0.29) is 5.97 Å². The van der Waals surface area contributed by atoms with Crippen molar-refractivity contribution in [1.82, 2.24) is 10.2 Å². The number of esters is 1. The summed E-state index contributed by atoms with van der Waals surface area (Å²) in [6, 6.07) is 0. The first-order chi connectivity index (χ1) is 9.18. The lowest BCUT2D eigenvalue weighted by atomic mass is 9.90. The topological polar surface area (TPSA) is 41.6 Å². The second-order valence-corrected chi connectivity index (χ2v) is 5.06. The third kappa shape index (κ3) is 4.52. The van der Waals surface area contributed by atoms with Gasteiger partial charge in [0.05, 0.1) is 13.2 Å². The van der Waals surface area contributed by atoms with E-state index in [2.05, 4.69) is 23.1 Å². The molecule has 0 bridgehead atoms. The largest absolute Gasteiger partial charge is 0.465 e. The summed E-state index contributed by atoms with van der Waals surface area (Å²) in [5.41, 5.74) is -0.592. The van der Waals surface area contributed by atoms with Crippen LogP contribution in [-0.2, 0) is 9.53 Å². The van der Waals surface area contributed by atoms with Gasteiger partial charge in [-0.2, -0.15) is 0 Å². The smallest absolute Gasteiger partial charge is 0.326 e. The number of ether oxygens (including phenoxy) is 1. The number of carbonyl (C=O) groups is 1. The molecule has 0 spiro atoms. The van der Waals surface area contributed by atoms with Gasteiger partial charge in [0.1, 0.15) is 5.54 Å². The molecule has 0 aromatic rings. The van der Waals surface area contributed by atoms with Gasteiger partial charge in [-0.05, 0) is 45.7 Å². The zero-order chi connectivity index (χ0) is 14.1. The van der Waals surface area contributed by atoms with Gasteiger partial charge in [0.2, 0.25) is 0 Å². The highest BCUT2D eigenvalue weighted by atomic mass is 16.5. The molecule has 0 amide bonds. The van der Waals surface area contributed by atoms with Crippen LogP contribution in [0.2, 0.25) is 0 Å². The Balaban J connectivity index is 2.73. The second-order valence-electron chi connectivity index (χ2n) is 5.06. The van der Waals surface area contributed by atoms with Gasteiger partial charge in [-0.25, -0.2) is 0 Å². The van der Waals surface area contributed by atoms with Crippen molar-refractivity contribution in [3.8, 4) is 12.3 Å². The van der Waals surface area contributed by atoms with Crippen molar-refractivity contribution in [3.05, 3.63) is 0 Å². The number of nitrogens with one attached hydrogen (secondary N) is 1. The normalized spacial score (nSPS) is 24.5. The molecule has 0 radical (unpaired) electrons. The summed E-state index contributed by atoms with van der Waals surface area (Å²) in [6.07, 6.45) is 9.03. The Morgan fingerprint density at radius 3 is 2.84 bits per heavy atom. The van der Waals surface area contributed by atoms with Gasteiger partial charge in [0.25, 0.3) is 0 Å². The number of rotatable bonds is 6. The van der Waals surface area contributed by atoms with E-state index in [0.29, 0.717) is 13.2 Å². The Kier molecular flexibility index (Phi) is 6.90. The standard InChI is InChI=1S/C15H26N2O2/c1-4-10-16-15(14(18)19-6-3)8-7-12-17(11-5-2)13-9-15/h1,16H,5-13H2,2-3H3. The van der Waals surface area contributed by atoms with Crippen LogP contribution in [-0.4, -0.2) is 49.2 Å². The average Bonchev–Trinajstić information content (AvgIpc) is 2.61. The van der Waals surface area contributed by atoms with Crippen LogP contribution in [0.4, 0.5) is 0 Å². The van der Waals surface area contributed by atoms with Crippen molar-refractivity contribution < 1.29 is 9.53 Å². The zero-order valence-electron chi connectivity index (χ0n) is 12.2. The van der Waals surface area contributed by atoms with E-state index < -0.39 is 5.54 Å². The van der Waals surface area contributed by atoms with Crippen LogP contribution in [0.5, 0.6) is 0 Å². The Bertz CT molecular complexity index is 325. The molecule has 0 aliphatic carbocycles. The van der Waals surface area contributed by atoms with E-state index in [1.165, 1.54) is 0 Å². The minimum absolute atomic E-state index is 0.149. The highest BCUT2D eigenvalue weighted by Crippen LogP contribution is 2.24. The van der Waals surface area contributed by atoms with Crippen molar-refractivity contribution >= 4 is 5.97 Å². The highest BCUT2D eigenvalue weighted by molar-refractivity contribution is 5.81. The summed E-state index contributed by atoms with van der Waals surface area (Å²) >= 11 is 0. The van der Waals surface area contributed by atoms with Crippen LogP contribution in [0.1, 0.15) is 39.5 Å². The summed E-state index contributed by atoms with van der Waals surface area (Å²) in [5, 5.41) is 3.23. The molecule has 0 aromatic heterocycles. The predicted molar refractivity (Wildman–Crippen MR) is 76.8 cm³/mol. The molecule has 1 aliphatic rings. The monoisotopic (exact) mass is 266 g/mol. The first-order valence-corrected chi connectivity index (χ1v) is 7.26. The van der Waals surface area contributed by atoms with Crippen LogP contribution in [0.3, 0.4) is 0 Å². The SMILES string of the molecule is C#CCNC1(C(=O)OCC)CCCN(CCC)CC1. The number of likely N-dealkylation sites (tertiary alicyclic amines) is 1. The number of hydrogen-bond acceptors (Lipinski definition) is 4. The molecular weight excluding hydrogens is 240 g/mol. The van der Waals surface area contributed by atoms with E-state index in [0.717, 1.165) is 45.3 Å². The van der Waals surface area contributed by atoms with Crippen molar-refractivity contribution in [2.45, 2.75) is 45.1 Å². The fraction of sp³-hybridized carbons (Fsp3) is 0.800. The van der Waals surface area contributed by atoms with E-state index >= 15 is 0 Å². The van der Waals surface area contributed by atoms with Crippen LogP contribution < -0.4 is 5.32 Å². The molecule has 1 fully saturated rings. The zero-order valence-corrected chi connectivity index (χ0v) is 12.2. The van der Waals surface area contributed by atoms with Crippen LogP contribution in [0.25, 0.3) is 0 Å². The van der Waals surface area contributed by atoms with Crippen LogP contribution in [0, 0.1) is 12.3 Å². The molecule has 4 heteroatoms. The molecule has 4 nitrogen and oxygen atoms in total. The molecule has 108 valence electrons.